The monoisotopic (exact) mass is 524 g/mol. The summed E-state index contributed by atoms with van der Waals surface area (Å²) in [7, 11) is 4.30. The van der Waals surface area contributed by atoms with Crippen molar-refractivity contribution in [2.45, 2.75) is 36.9 Å². The van der Waals surface area contributed by atoms with Gasteiger partial charge < -0.3 is 24.1 Å². The summed E-state index contributed by atoms with van der Waals surface area (Å²) in [6.45, 7) is 0. The van der Waals surface area contributed by atoms with E-state index in [9.17, 15) is 14.4 Å². The highest BCUT2D eigenvalue weighted by molar-refractivity contribution is 7.99. The summed E-state index contributed by atoms with van der Waals surface area (Å²) in [6, 6.07) is 12.0. The number of benzene rings is 2. The summed E-state index contributed by atoms with van der Waals surface area (Å²) in [5.74, 6) is -0.0723. The number of esters is 2. The lowest BCUT2D eigenvalue weighted by Gasteiger charge is -2.13. The van der Waals surface area contributed by atoms with Crippen LogP contribution in [0.4, 0.5) is 5.69 Å². The molecule has 3 aromatic rings. The Labute approximate surface area is 218 Å². The second-order valence-electron chi connectivity index (χ2n) is 8.53. The number of thioether (sulfide) groups is 1. The fourth-order valence-corrected chi connectivity index (χ4v) is 4.78. The molecule has 11 heteroatoms. The summed E-state index contributed by atoms with van der Waals surface area (Å²) in [5.41, 5.74) is 1.39. The standard InChI is InChI=1S/C26H28N4O6S/c1-30-23(16-8-10-21(11-9-16)36-20-6-4-5-7-20)28-29-26(30)37-15-22(31)27-19-13-17(24(32)34-2)12-18(14-19)25(33)35-3/h8-14,20H,4-7,15H2,1-3H3,(H,27,31). The molecule has 0 radical (unpaired) electrons. The van der Waals surface area contributed by atoms with Crippen LogP contribution in [0.5, 0.6) is 5.75 Å². The van der Waals surface area contributed by atoms with Gasteiger partial charge in [0.2, 0.25) is 5.91 Å². The van der Waals surface area contributed by atoms with Gasteiger partial charge in [-0.05, 0) is 68.1 Å². The Morgan fingerprint density at radius 3 is 2.19 bits per heavy atom. The molecule has 0 spiro atoms. The molecular formula is C26H28N4O6S. The Hall–Kier alpha value is -3.86. The summed E-state index contributed by atoms with van der Waals surface area (Å²) < 4.78 is 17.3. The molecule has 2 aromatic carbocycles. The molecule has 1 saturated carbocycles. The molecule has 0 unspecified atom stereocenters. The van der Waals surface area contributed by atoms with Crippen LogP contribution in [0.3, 0.4) is 0 Å². The number of hydrogen-bond donors (Lipinski definition) is 1. The van der Waals surface area contributed by atoms with E-state index in [2.05, 4.69) is 15.5 Å². The molecular weight excluding hydrogens is 496 g/mol. The Morgan fingerprint density at radius 1 is 0.973 bits per heavy atom. The average Bonchev–Trinajstić information content (AvgIpc) is 3.56. The summed E-state index contributed by atoms with van der Waals surface area (Å²) in [6.07, 6.45) is 4.93. The highest BCUT2D eigenvalue weighted by Crippen LogP contribution is 2.28. The highest BCUT2D eigenvalue weighted by Gasteiger charge is 2.18. The van der Waals surface area contributed by atoms with Gasteiger partial charge in [-0.1, -0.05) is 11.8 Å². The number of methoxy groups -OCH3 is 2. The summed E-state index contributed by atoms with van der Waals surface area (Å²) in [5, 5.41) is 11.8. The normalized spacial score (nSPS) is 13.3. The molecule has 1 aliphatic rings. The predicted molar refractivity (Wildman–Crippen MR) is 138 cm³/mol. The Balaban J connectivity index is 1.39. The minimum Gasteiger partial charge on any atom is -0.490 e. The number of aromatic nitrogens is 3. The quantitative estimate of drug-likeness (QED) is 0.325. The Morgan fingerprint density at radius 2 is 1.59 bits per heavy atom. The van der Waals surface area contributed by atoms with Crippen molar-refractivity contribution < 1.29 is 28.6 Å². The van der Waals surface area contributed by atoms with E-state index in [0.29, 0.717) is 17.1 Å². The van der Waals surface area contributed by atoms with Crippen molar-refractivity contribution in [1.29, 1.82) is 0 Å². The van der Waals surface area contributed by atoms with E-state index in [1.54, 1.807) is 0 Å². The number of anilines is 1. The molecule has 10 nitrogen and oxygen atoms in total. The lowest BCUT2D eigenvalue weighted by atomic mass is 10.1. The average molecular weight is 525 g/mol. The maximum absolute atomic E-state index is 12.6. The molecule has 4 rings (SSSR count). The number of carbonyl (C=O) groups is 3. The molecule has 1 aromatic heterocycles. The van der Waals surface area contributed by atoms with Crippen LogP contribution < -0.4 is 10.1 Å². The van der Waals surface area contributed by atoms with Crippen molar-refractivity contribution in [2.24, 2.45) is 7.05 Å². The second-order valence-corrected chi connectivity index (χ2v) is 9.48. The van der Waals surface area contributed by atoms with E-state index < -0.39 is 11.9 Å². The van der Waals surface area contributed by atoms with Gasteiger partial charge >= 0.3 is 11.9 Å². The van der Waals surface area contributed by atoms with Crippen molar-refractivity contribution >= 4 is 35.3 Å². The van der Waals surface area contributed by atoms with Crippen molar-refractivity contribution in [3.8, 4) is 17.1 Å². The zero-order valence-corrected chi connectivity index (χ0v) is 21.7. The van der Waals surface area contributed by atoms with Gasteiger partial charge in [-0.15, -0.1) is 10.2 Å². The summed E-state index contributed by atoms with van der Waals surface area (Å²) in [4.78, 5) is 36.5. The first kappa shape index (κ1) is 26.2. The van der Waals surface area contributed by atoms with Crippen LogP contribution in [0.1, 0.15) is 46.4 Å². The minimum atomic E-state index is -0.639. The van der Waals surface area contributed by atoms with Crippen molar-refractivity contribution in [1.82, 2.24) is 14.8 Å². The molecule has 0 aliphatic heterocycles. The van der Waals surface area contributed by atoms with Gasteiger partial charge in [0, 0.05) is 18.3 Å². The van der Waals surface area contributed by atoms with Crippen molar-refractivity contribution in [2.75, 3.05) is 25.3 Å². The van der Waals surface area contributed by atoms with Gasteiger partial charge in [-0.3, -0.25) is 4.79 Å². The first-order valence-corrected chi connectivity index (χ1v) is 12.8. The number of ether oxygens (including phenoxy) is 3. The van der Waals surface area contributed by atoms with E-state index in [1.807, 2.05) is 35.9 Å². The maximum atomic E-state index is 12.6. The molecule has 0 bridgehead atoms. The van der Waals surface area contributed by atoms with Crippen LogP contribution >= 0.6 is 11.8 Å². The van der Waals surface area contributed by atoms with Crippen LogP contribution in [0, 0.1) is 0 Å². The molecule has 1 fully saturated rings. The highest BCUT2D eigenvalue weighted by atomic mass is 32.2. The topological polar surface area (TPSA) is 122 Å². The molecule has 0 saturated heterocycles. The van der Waals surface area contributed by atoms with E-state index in [-0.39, 0.29) is 28.5 Å². The van der Waals surface area contributed by atoms with Gasteiger partial charge in [0.05, 0.1) is 37.2 Å². The second kappa shape index (κ2) is 11.9. The third kappa shape index (κ3) is 6.48. The molecule has 1 N–H and O–H groups in total. The van der Waals surface area contributed by atoms with Crippen molar-refractivity contribution in [3.05, 3.63) is 53.6 Å². The predicted octanol–water partition coefficient (Wildman–Crippen LogP) is 4.11. The Kier molecular flexibility index (Phi) is 8.44. The van der Waals surface area contributed by atoms with Crippen LogP contribution in [0.25, 0.3) is 11.4 Å². The van der Waals surface area contributed by atoms with Gasteiger partial charge in [-0.25, -0.2) is 9.59 Å². The molecule has 1 amide bonds. The first-order chi connectivity index (χ1) is 17.9. The Bertz CT molecular complexity index is 1250. The number of nitrogens with one attached hydrogen (secondary N) is 1. The van der Waals surface area contributed by atoms with Gasteiger partial charge in [-0.2, -0.15) is 0 Å². The molecule has 194 valence electrons. The molecule has 0 atom stereocenters. The smallest absolute Gasteiger partial charge is 0.337 e. The third-order valence-corrected chi connectivity index (χ3v) is 6.96. The number of nitrogens with zero attached hydrogens (tertiary/aromatic N) is 3. The van der Waals surface area contributed by atoms with E-state index in [0.717, 1.165) is 24.2 Å². The number of carbonyl (C=O) groups excluding carboxylic acids is 3. The lowest BCUT2D eigenvalue weighted by molar-refractivity contribution is -0.113. The fraction of sp³-hybridized carbons (Fsp3) is 0.346. The van der Waals surface area contributed by atoms with Crippen LogP contribution in [0.15, 0.2) is 47.6 Å². The van der Waals surface area contributed by atoms with Crippen LogP contribution in [-0.4, -0.2) is 58.7 Å². The zero-order chi connectivity index (χ0) is 26.4. The zero-order valence-electron chi connectivity index (χ0n) is 20.9. The largest absolute Gasteiger partial charge is 0.490 e. The summed E-state index contributed by atoms with van der Waals surface area (Å²) >= 11 is 1.21. The number of rotatable bonds is 9. The molecule has 1 heterocycles. The van der Waals surface area contributed by atoms with E-state index >= 15 is 0 Å². The van der Waals surface area contributed by atoms with Gasteiger partial charge in [0.25, 0.3) is 0 Å². The number of amides is 1. The number of hydrogen-bond acceptors (Lipinski definition) is 9. The minimum absolute atomic E-state index is 0.0378. The van der Waals surface area contributed by atoms with Crippen molar-refractivity contribution in [3.63, 3.8) is 0 Å². The fourth-order valence-electron chi connectivity index (χ4n) is 4.07. The van der Waals surface area contributed by atoms with E-state index in [4.69, 9.17) is 14.2 Å². The van der Waals surface area contributed by atoms with Gasteiger partial charge in [0.1, 0.15) is 5.75 Å². The van der Waals surface area contributed by atoms with Crippen LogP contribution in [0.2, 0.25) is 0 Å². The molecule has 37 heavy (non-hydrogen) atoms. The van der Waals surface area contributed by atoms with Gasteiger partial charge in [0.15, 0.2) is 11.0 Å². The third-order valence-electron chi connectivity index (χ3n) is 5.94. The SMILES string of the molecule is COC(=O)c1cc(NC(=O)CSc2nnc(-c3ccc(OC4CCCC4)cc3)n2C)cc(C(=O)OC)c1. The van der Waals surface area contributed by atoms with Crippen LogP contribution in [-0.2, 0) is 21.3 Å². The first-order valence-electron chi connectivity index (χ1n) is 11.8. The van der Waals surface area contributed by atoms with E-state index in [1.165, 1.54) is 57.0 Å². The lowest BCUT2D eigenvalue weighted by Crippen LogP contribution is -2.16. The molecule has 1 aliphatic carbocycles. The maximum Gasteiger partial charge on any atom is 0.337 e.